The van der Waals surface area contributed by atoms with E-state index in [2.05, 4.69) is 20.8 Å². The number of hydrogen-bond acceptors (Lipinski definition) is 8. The molecule has 0 saturated carbocycles. The van der Waals surface area contributed by atoms with Crippen LogP contribution in [0.25, 0.3) is 11.4 Å². The van der Waals surface area contributed by atoms with Crippen molar-refractivity contribution in [1.29, 1.82) is 0 Å². The van der Waals surface area contributed by atoms with Gasteiger partial charge >= 0.3 is 11.8 Å². The van der Waals surface area contributed by atoms with E-state index >= 15 is 0 Å². The Morgan fingerprint density at radius 2 is 1.73 bits per heavy atom. The van der Waals surface area contributed by atoms with Crippen LogP contribution in [0.4, 0.5) is 0 Å². The minimum Gasteiger partial charge on any atom is -0.493 e. The fourth-order valence-electron chi connectivity index (χ4n) is 2.94. The number of aromatic nitrogens is 2. The summed E-state index contributed by atoms with van der Waals surface area (Å²) in [4.78, 5) is 28.3. The molecule has 0 spiro atoms. The number of methoxy groups -OCH3 is 2. The van der Waals surface area contributed by atoms with Crippen molar-refractivity contribution in [3.63, 3.8) is 0 Å². The minimum absolute atomic E-state index is 0.115. The molecule has 0 aliphatic heterocycles. The van der Waals surface area contributed by atoms with E-state index in [1.807, 2.05) is 32.0 Å². The Balaban J connectivity index is 1.44. The Kier molecular flexibility index (Phi) is 7.85. The van der Waals surface area contributed by atoms with Crippen molar-refractivity contribution in [2.24, 2.45) is 0 Å². The van der Waals surface area contributed by atoms with Crippen LogP contribution >= 0.6 is 0 Å². The lowest BCUT2D eigenvalue weighted by molar-refractivity contribution is -0.123. The number of carbonyl (C=O) groups excluding carboxylic acids is 2. The zero-order valence-electron chi connectivity index (χ0n) is 18.9. The SMILES string of the molecule is COc1ccc(-c2noc(C(=O)NCCNC(=O)COc3cccc(C)c3C)n2)cc1OC. The molecule has 2 aromatic carbocycles. The smallest absolute Gasteiger partial charge is 0.316 e. The van der Waals surface area contributed by atoms with Gasteiger partial charge in [0.05, 0.1) is 14.2 Å². The van der Waals surface area contributed by atoms with Crippen molar-refractivity contribution >= 4 is 11.8 Å². The molecule has 10 heteroatoms. The molecule has 3 rings (SSSR count). The predicted molar refractivity (Wildman–Crippen MR) is 120 cm³/mol. The molecule has 3 aromatic rings. The standard InChI is InChI=1S/C23H26N4O6/c1-14-6-5-7-17(15(14)2)32-13-20(28)24-10-11-25-22(29)23-26-21(27-33-23)16-8-9-18(30-3)19(12-16)31-4/h5-9,12H,10-11,13H2,1-4H3,(H,24,28)(H,25,29). The van der Waals surface area contributed by atoms with E-state index in [0.29, 0.717) is 22.8 Å². The van der Waals surface area contributed by atoms with Gasteiger partial charge in [-0.2, -0.15) is 4.98 Å². The molecule has 0 atom stereocenters. The first-order valence-electron chi connectivity index (χ1n) is 10.2. The van der Waals surface area contributed by atoms with Crippen LogP contribution in [0, 0.1) is 13.8 Å². The number of aryl methyl sites for hydroxylation is 1. The number of nitrogens with one attached hydrogen (secondary N) is 2. The van der Waals surface area contributed by atoms with Gasteiger partial charge in [0.25, 0.3) is 5.91 Å². The highest BCUT2D eigenvalue weighted by molar-refractivity contribution is 5.90. The second-order valence-electron chi connectivity index (χ2n) is 7.09. The van der Waals surface area contributed by atoms with Gasteiger partial charge < -0.3 is 29.4 Å². The van der Waals surface area contributed by atoms with E-state index in [-0.39, 0.29) is 37.3 Å². The Morgan fingerprint density at radius 3 is 2.48 bits per heavy atom. The number of ether oxygens (including phenoxy) is 3. The first-order valence-corrected chi connectivity index (χ1v) is 10.2. The summed E-state index contributed by atoms with van der Waals surface area (Å²) < 4.78 is 21.1. The lowest BCUT2D eigenvalue weighted by Gasteiger charge is -2.11. The van der Waals surface area contributed by atoms with Crippen LogP contribution in [0.2, 0.25) is 0 Å². The minimum atomic E-state index is -0.546. The normalized spacial score (nSPS) is 10.4. The van der Waals surface area contributed by atoms with Gasteiger partial charge in [-0.15, -0.1) is 0 Å². The van der Waals surface area contributed by atoms with Crippen LogP contribution in [0.1, 0.15) is 21.8 Å². The number of hydrogen-bond donors (Lipinski definition) is 2. The summed E-state index contributed by atoms with van der Waals surface area (Å²) in [5.74, 6) is 0.934. The molecule has 2 N–H and O–H groups in total. The Hall–Kier alpha value is -4.08. The van der Waals surface area contributed by atoms with Gasteiger partial charge in [-0.25, -0.2) is 0 Å². The van der Waals surface area contributed by atoms with Gasteiger partial charge in [0.1, 0.15) is 5.75 Å². The van der Waals surface area contributed by atoms with E-state index in [1.54, 1.807) is 18.2 Å². The third kappa shape index (κ3) is 6.00. The topological polar surface area (TPSA) is 125 Å². The Labute approximate surface area is 191 Å². The van der Waals surface area contributed by atoms with Gasteiger partial charge in [-0.05, 0) is 49.2 Å². The Bertz CT molecular complexity index is 1130. The number of benzene rings is 2. The van der Waals surface area contributed by atoms with Gasteiger partial charge in [0.15, 0.2) is 18.1 Å². The van der Waals surface area contributed by atoms with Crippen molar-refractivity contribution in [3.8, 4) is 28.6 Å². The largest absolute Gasteiger partial charge is 0.493 e. The third-order valence-corrected chi connectivity index (χ3v) is 4.91. The monoisotopic (exact) mass is 454 g/mol. The molecule has 2 amide bonds. The molecule has 1 aromatic heterocycles. The van der Waals surface area contributed by atoms with Crippen LogP contribution in [-0.2, 0) is 4.79 Å². The summed E-state index contributed by atoms with van der Waals surface area (Å²) in [6.45, 7) is 4.20. The molecule has 0 unspecified atom stereocenters. The Morgan fingerprint density at radius 1 is 0.970 bits per heavy atom. The summed E-state index contributed by atoms with van der Waals surface area (Å²) in [6, 6.07) is 10.8. The van der Waals surface area contributed by atoms with E-state index in [9.17, 15) is 9.59 Å². The highest BCUT2D eigenvalue weighted by Gasteiger charge is 2.17. The van der Waals surface area contributed by atoms with Crippen LogP contribution in [0.15, 0.2) is 40.9 Å². The molecule has 0 aliphatic carbocycles. The maximum Gasteiger partial charge on any atom is 0.316 e. The quantitative estimate of drug-likeness (QED) is 0.447. The fourth-order valence-corrected chi connectivity index (χ4v) is 2.94. The fraction of sp³-hybridized carbons (Fsp3) is 0.304. The summed E-state index contributed by atoms with van der Waals surface area (Å²) in [5.41, 5.74) is 2.68. The number of rotatable bonds is 10. The van der Waals surface area contributed by atoms with E-state index in [0.717, 1.165) is 11.1 Å². The number of carbonyl (C=O) groups is 2. The maximum atomic E-state index is 12.2. The van der Waals surface area contributed by atoms with Crippen molar-refractivity contribution < 1.29 is 28.3 Å². The molecule has 1 heterocycles. The average Bonchev–Trinajstić information content (AvgIpc) is 3.32. The maximum absolute atomic E-state index is 12.2. The average molecular weight is 454 g/mol. The van der Waals surface area contributed by atoms with Crippen LogP contribution < -0.4 is 24.8 Å². The van der Waals surface area contributed by atoms with Gasteiger partial charge in [-0.1, -0.05) is 17.3 Å². The third-order valence-electron chi connectivity index (χ3n) is 4.91. The van der Waals surface area contributed by atoms with Crippen LogP contribution in [0.5, 0.6) is 17.2 Å². The first kappa shape index (κ1) is 23.6. The lowest BCUT2D eigenvalue weighted by atomic mass is 10.1. The zero-order valence-corrected chi connectivity index (χ0v) is 18.9. The molecule has 174 valence electrons. The van der Waals surface area contributed by atoms with Gasteiger partial charge in [0.2, 0.25) is 5.82 Å². The summed E-state index contributed by atoms with van der Waals surface area (Å²) >= 11 is 0. The van der Waals surface area contributed by atoms with E-state index in [4.69, 9.17) is 18.7 Å². The second kappa shape index (κ2) is 11.0. The zero-order chi connectivity index (χ0) is 23.8. The van der Waals surface area contributed by atoms with Crippen LogP contribution in [0.3, 0.4) is 0 Å². The number of amides is 2. The molecule has 0 saturated heterocycles. The summed E-state index contributed by atoms with van der Waals surface area (Å²) in [7, 11) is 3.06. The molecule has 0 radical (unpaired) electrons. The van der Waals surface area contributed by atoms with Gasteiger partial charge in [-0.3, -0.25) is 9.59 Å². The highest BCUT2D eigenvalue weighted by atomic mass is 16.5. The van der Waals surface area contributed by atoms with Gasteiger partial charge in [0, 0.05) is 18.7 Å². The van der Waals surface area contributed by atoms with E-state index < -0.39 is 5.91 Å². The highest BCUT2D eigenvalue weighted by Crippen LogP contribution is 2.31. The van der Waals surface area contributed by atoms with Crippen molar-refractivity contribution in [2.75, 3.05) is 33.9 Å². The predicted octanol–water partition coefficient (Wildman–Crippen LogP) is 2.30. The van der Waals surface area contributed by atoms with Crippen molar-refractivity contribution in [3.05, 3.63) is 53.4 Å². The van der Waals surface area contributed by atoms with Crippen molar-refractivity contribution in [2.45, 2.75) is 13.8 Å². The first-order chi connectivity index (χ1) is 15.9. The molecule has 33 heavy (non-hydrogen) atoms. The van der Waals surface area contributed by atoms with Crippen molar-refractivity contribution in [1.82, 2.24) is 20.8 Å². The van der Waals surface area contributed by atoms with E-state index in [1.165, 1.54) is 14.2 Å². The molecular weight excluding hydrogens is 428 g/mol. The summed E-state index contributed by atoms with van der Waals surface area (Å²) in [6.07, 6.45) is 0. The molecule has 0 aliphatic rings. The lowest BCUT2D eigenvalue weighted by Crippen LogP contribution is -2.36. The molecular formula is C23H26N4O6. The molecule has 0 fully saturated rings. The summed E-state index contributed by atoms with van der Waals surface area (Å²) in [5, 5.41) is 9.12. The molecule has 0 bridgehead atoms. The van der Waals surface area contributed by atoms with Crippen LogP contribution in [-0.4, -0.2) is 55.9 Å². The number of nitrogens with zero attached hydrogens (tertiary/aromatic N) is 2. The molecule has 10 nitrogen and oxygen atoms in total. The second-order valence-corrected chi connectivity index (χ2v) is 7.09.